The summed E-state index contributed by atoms with van der Waals surface area (Å²) in [7, 11) is 0. The third-order valence-electron chi connectivity index (χ3n) is 3.71. The van der Waals surface area contributed by atoms with Crippen LogP contribution in [0.5, 0.6) is 0 Å². The van der Waals surface area contributed by atoms with Crippen LogP contribution in [0, 0.1) is 6.92 Å². The Labute approximate surface area is 126 Å². The molecule has 2 aliphatic heterocycles. The van der Waals surface area contributed by atoms with Gasteiger partial charge in [0.15, 0.2) is 0 Å². The van der Waals surface area contributed by atoms with Gasteiger partial charge in [0.1, 0.15) is 5.04 Å². The van der Waals surface area contributed by atoms with E-state index in [1.54, 1.807) is 0 Å². The fourth-order valence-electron chi connectivity index (χ4n) is 2.64. The number of hydrogen-bond donors (Lipinski definition) is 2. The van der Waals surface area contributed by atoms with Crippen molar-refractivity contribution in [2.75, 3.05) is 5.32 Å². The van der Waals surface area contributed by atoms with E-state index in [0.717, 1.165) is 27.4 Å². The Balaban J connectivity index is 1.74. The second-order valence-electron chi connectivity index (χ2n) is 5.18. The van der Waals surface area contributed by atoms with Crippen molar-refractivity contribution < 1.29 is 4.79 Å². The number of hydrazone groups is 1. The summed E-state index contributed by atoms with van der Waals surface area (Å²) < 4.78 is 0. The van der Waals surface area contributed by atoms with Crippen molar-refractivity contribution >= 4 is 28.4 Å². The first kappa shape index (κ1) is 12.5. The Hall–Kier alpha value is -2.27. The van der Waals surface area contributed by atoms with E-state index in [9.17, 15) is 4.79 Å². The van der Waals surface area contributed by atoms with Gasteiger partial charge in [-0.15, -0.1) is 0 Å². The fourth-order valence-corrected chi connectivity index (χ4v) is 3.80. The molecule has 0 saturated heterocycles. The highest BCUT2D eigenvalue weighted by Crippen LogP contribution is 2.48. The first-order valence-corrected chi connectivity index (χ1v) is 7.52. The van der Waals surface area contributed by atoms with Crippen molar-refractivity contribution in [1.29, 1.82) is 0 Å². The van der Waals surface area contributed by atoms with E-state index in [-0.39, 0.29) is 5.91 Å². The van der Waals surface area contributed by atoms with Crippen LogP contribution in [-0.4, -0.2) is 11.0 Å². The average molecular weight is 295 g/mol. The number of aryl methyl sites for hydroxylation is 1. The molecule has 2 aliphatic rings. The summed E-state index contributed by atoms with van der Waals surface area (Å²) in [5, 5.41) is 8.16. The number of thioether (sulfide) groups is 1. The van der Waals surface area contributed by atoms with Crippen molar-refractivity contribution in [3.8, 4) is 0 Å². The maximum atomic E-state index is 12.5. The van der Waals surface area contributed by atoms with Crippen LogP contribution in [-0.2, 0) is 9.67 Å². The predicted octanol–water partition coefficient (Wildman–Crippen LogP) is 2.80. The lowest BCUT2D eigenvalue weighted by atomic mass is 10.1. The molecule has 2 aromatic rings. The van der Waals surface area contributed by atoms with Crippen molar-refractivity contribution in [3.05, 3.63) is 65.2 Å². The zero-order valence-corrected chi connectivity index (χ0v) is 12.2. The Kier molecular flexibility index (Phi) is 2.59. The molecule has 1 unspecified atom stereocenters. The molecule has 0 bridgehead atoms. The Morgan fingerprint density at radius 2 is 1.95 bits per heavy atom. The molecule has 1 amide bonds. The van der Waals surface area contributed by atoms with Gasteiger partial charge >= 0.3 is 0 Å². The van der Waals surface area contributed by atoms with Gasteiger partial charge in [-0.3, -0.25) is 10.2 Å². The monoisotopic (exact) mass is 295 g/mol. The summed E-state index contributed by atoms with van der Waals surface area (Å²) in [6.07, 6.45) is 0. The van der Waals surface area contributed by atoms with E-state index in [1.807, 2.05) is 55.5 Å². The number of anilines is 1. The zero-order chi connectivity index (χ0) is 14.4. The number of fused-ring (bicyclic) bond motifs is 2. The quantitative estimate of drug-likeness (QED) is 0.850. The van der Waals surface area contributed by atoms with Gasteiger partial charge < -0.3 is 5.32 Å². The third-order valence-corrected chi connectivity index (χ3v) is 5.03. The second-order valence-corrected chi connectivity index (χ2v) is 6.38. The molecule has 0 aliphatic carbocycles. The summed E-state index contributed by atoms with van der Waals surface area (Å²) >= 11 is 1.46. The van der Waals surface area contributed by atoms with Crippen LogP contribution in [0.3, 0.4) is 0 Å². The third kappa shape index (κ3) is 1.77. The minimum Gasteiger partial charge on any atom is -0.322 e. The largest absolute Gasteiger partial charge is 0.322 e. The molecule has 0 saturated carbocycles. The maximum Gasteiger partial charge on any atom is 0.267 e. The molecule has 0 fully saturated rings. The number of nitrogens with zero attached hydrogens (tertiary/aromatic N) is 1. The van der Waals surface area contributed by atoms with Gasteiger partial charge in [-0.1, -0.05) is 54.2 Å². The summed E-state index contributed by atoms with van der Waals surface area (Å²) in [5.74, 6) is -0.0669. The zero-order valence-electron chi connectivity index (χ0n) is 11.4. The van der Waals surface area contributed by atoms with Crippen molar-refractivity contribution in [1.82, 2.24) is 5.43 Å². The smallest absolute Gasteiger partial charge is 0.267 e. The number of benzene rings is 2. The normalized spacial score (nSPS) is 22.7. The SMILES string of the molecule is Cc1ccc2c(c1)NC(=O)C21NN=C(c2ccccc2)S1. The number of hydrogen-bond acceptors (Lipinski definition) is 4. The van der Waals surface area contributed by atoms with Gasteiger partial charge in [-0.2, -0.15) is 5.10 Å². The molecule has 2 heterocycles. The highest BCUT2D eigenvalue weighted by molar-refractivity contribution is 8.16. The summed E-state index contributed by atoms with van der Waals surface area (Å²) in [6, 6.07) is 15.9. The topological polar surface area (TPSA) is 53.5 Å². The van der Waals surface area contributed by atoms with Gasteiger partial charge in [0.2, 0.25) is 4.87 Å². The molecule has 1 atom stereocenters. The summed E-state index contributed by atoms with van der Waals surface area (Å²) in [5.41, 5.74) is 6.99. The van der Waals surface area contributed by atoms with Gasteiger partial charge in [0.25, 0.3) is 5.91 Å². The number of carbonyl (C=O) groups excluding carboxylic acids is 1. The van der Waals surface area contributed by atoms with E-state index < -0.39 is 4.87 Å². The fraction of sp³-hybridized carbons (Fsp3) is 0.125. The molecular formula is C16H13N3OS. The van der Waals surface area contributed by atoms with Crippen LogP contribution in [0.15, 0.2) is 53.6 Å². The van der Waals surface area contributed by atoms with Gasteiger partial charge in [-0.05, 0) is 18.6 Å². The summed E-state index contributed by atoms with van der Waals surface area (Å²) in [4.78, 5) is 11.6. The lowest BCUT2D eigenvalue weighted by molar-refractivity contribution is -0.118. The van der Waals surface area contributed by atoms with Crippen LogP contribution in [0.1, 0.15) is 16.7 Å². The molecule has 0 radical (unpaired) electrons. The molecule has 2 N–H and O–H groups in total. The lowest BCUT2D eigenvalue weighted by Crippen LogP contribution is -2.39. The second kappa shape index (κ2) is 4.36. The Morgan fingerprint density at radius 1 is 1.14 bits per heavy atom. The molecule has 0 aromatic heterocycles. The maximum absolute atomic E-state index is 12.5. The van der Waals surface area contributed by atoms with Gasteiger partial charge in [0, 0.05) is 16.8 Å². The van der Waals surface area contributed by atoms with E-state index in [4.69, 9.17) is 0 Å². The van der Waals surface area contributed by atoms with Crippen molar-refractivity contribution in [2.45, 2.75) is 11.8 Å². The first-order valence-electron chi connectivity index (χ1n) is 6.71. The molecule has 104 valence electrons. The van der Waals surface area contributed by atoms with Crippen LogP contribution in [0.25, 0.3) is 0 Å². The van der Waals surface area contributed by atoms with Crippen molar-refractivity contribution in [3.63, 3.8) is 0 Å². The van der Waals surface area contributed by atoms with Gasteiger partial charge in [-0.25, -0.2) is 0 Å². The van der Waals surface area contributed by atoms with E-state index >= 15 is 0 Å². The Bertz CT molecular complexity index is 772. The van der Waals surface area contributed by atoms with E-state index in [1.165, 1.54) is 11.8 Å². The molecule has 21 heavy (non-hydrogen) atoms. The lowest BCUT2D eigenvalue weighted by Gasteiger charge is -2.19. The Morgan fingerprint density at radius 3 is 2.76 bits per heavy atom. The minimum atomic E-state index is -0.839. The van der Waals surface area contributed by atoms with E-state index in [0.29, 0.717) is 0 Å². The predicted molar refractivity (Wildman–Crippen MR) is 85.2 cm³/mol. The highest BCUT2D eigenvalue weighted by atomic mass is 32.2. The molecule has 1 spiro atoms. The van der Waals surface area contributed by atoms with E-state index in [2.05, 4.69) is 15.8 Å². The first-order chi connectivity index (χ1) is 10.2. The standard InChI is InChI=1S/C16H13N3OS/c1-10-7-8-12-13(9-10)17-15(20)16(12)19-18-14(21-16)11-5-3-2-4-6-11/h2-9,19H,1H3,(H,17,20). The minimum absolute atomic E-state index is 0.0669. The number of rotatable bonds is 1. The van der Waals surface area contributed by atoms with Crippen LogP contribution >= 0.6 is 11.8 Å². The number of carbonyl (C=O) groups is 1. The average Bonchev–Trinajstić information content (AvgIpc) is 3.04. The van der Waals surface area contributed by atoms with Crippen molar-refractivity contribution in [2.24, 2.45) is 5.10 Å². The van der Waals surface area contributed by atoms with Crippen LogP contribution < -0.4 is 10.7 Å². The number of amides is 1. The molecule has 4 nitrogen and oxygen atoms in total. The highest BCUT2D eigenvalue weighted by Gasteiger charge is 2.51. The molecule has 5 heteroatoms. The molecule has 4 rings (SSSR count). The van der Waals surface area contributed by atoms with Crippen LogP contribution in [0.2, 0.25) is 0 Å². The summed E-state index contributed by atoms with van der Waals surface area (Å²) in [6.45, 7) is 2.01. The number of nitrogens with one attached hydrogen (secondary N) is 2. The van der Waals surface area contributed by atoms with Crippen LogP contribution in [0.4, 0.5) is 5.69 Å². The van der Waals surface area contributed by atoms with Gasteiger partial charge in [0.05, 0.1) is 0 Å². The molecular weight excluding hydrogens is 282 g/mol. The molecule has 2 aromatic carbocycles.